The van der Waals surface area contributed by atoms with Crippen molar-refractivity contribution in [2.75, 3.05) is 0 Å². The second kappa shape index (κ2) is 6.19. The predicted molar refractivity (Wildman–Crippen MR) is 75.6 cm³/mol. The number of nitrogens with zero attached hydrogens (tertiary/aromatic N) is 3. The Labute approximate surface area is 117 Å². The van der Waals surface area contributed by atoms with Crippen LogP contribution >= 0.6 is 11.8 Å². The molecule has 19 heavy (non-hydrogen) atoms. The van der Waals surface area contributed by atoms with Crippen LogP contribution in [0.15, 0.2) is 29.4 Å². The van der Waals surface area contributed by atoms with Crippen LogP contribution in [0, 0.1) is 18.7 Å². The SMILES string of the molecule is Cc1nnc(SCc2cccc(F)c2)n1CC(C)C. The van der Waals surface area contributed by atoms with E-state index in [2.05, 4.69) is 28.6 Å². The van der Waals surface area contributed by atoms with Crippen LogP contribution in [0.1, 0.15) is 25.2 Å². The fourth-order valence-corrected chi connectivity index (χ4v) is 2.75. The Kier molecular flexibility index (Phi) is 4.58. The summed E-state index contributed by atoms with van der Waals surface area (Å²) in [5.74, 6) is 1.98. The Morgan fingerprint density at radius 2 is 2.11 bits per heavy atom. The van der Waals surface area contributed by atoms with Crippen LogP contribution in [-0.4, -0.2) is 14.8 Å². The van der Waals surface area contributed by atoms with Gasteiger partial charge in [0.2, 0.25) is 0 Å². The molecule has 0 atom stereocenters. The number of hydrogen-bond donors (Lipinski definition) is 0. The Morgan fingerprint density at radius 1 is 1.32 bits per heavy atom. The van der Waals surface area contributed by atoms with Gasteiger partial charge in [0.1, 0.15) is 11.6 Å². The van der Waals surface area contributed by atoms with Crippen molar-refractivity contribution in [3.8, 4) is 0 Å². The molecule has 0 saturated carbocycles. The van der Waals surface area contributed by atoms with Crippen molar-refractivity contribution in [1.29, 1.82) is 0 Å². The molecule has 5 heteroatoms. The molecule has 2 rings (SSSR count). The zero-order valence-electron chi connectivity index (χ0n) is 11.4. The summed E-state index contributed by atoms with van der Waals surface area (Å²) < 4.78 is 15.2. The lowest BCUT2D eigenvalue weighted by molar-refractivity contribution is 0.486. The van der Waals surface area contributed by atoms with Gasteiger partial charge in [0, 0.05) is 12.3 Å². The van der Waals surface area contributed by atoms with E-state index in [4.69, 9.17) is 0 Å². The van der Waals surface area contributed by atoms with Crippen LogP contribution in [0.2, 0.25) is 0 Å². The quantitative estimate of drug-likeness (QED) is 0.782. The average Bonchev–Trinajstić information content (AvgIpc) is 2.68. The van der Waals surface area contributed by atoms with Crippen molar-refractivity contribution in [3.63, 3.8) is 0 Å². The molecule has 1 aromatic carbocycles. The average molecular weight is 279 g/mol. The second-order valence-corrected chi connectivity index (χ2v) is 5.90. The van der Waals surface area contributed by atoms with Gasteiger partial charge in [-0.05, 0) is 30.5 Å². The molecule has 0 N–H and O–H groups in total. The predicted octanol–water partition coefficient (Wildman–Crippen LogP) is 3.67. The van der Waals surface area contributed by atoms with Gasteiger partial charge in [-0.2, -0.15) is 0 Å². The summed E-state index contributed by atoms with van der Waals surface area (Å²) >= 11 is 1.59. The van der Waals surface area contributed by atoms with Gasteiger partial charge in [0.15, 0.2) is 5.16 Å². The van der Waals surface area contributed by atoms with Crippen molar-refractivity contribution in [2.24, 2.45) is 5.92 Å². The molecule has 0 unspecified atom stereocenters. The molecule has 0 bridgehead atoms. The first-order valence-corrected chi connectivity index (χ1v) is 7.32. The van der Waals surface area contributed by atoms with E-state index in [0.29, 0.717) is 11.7 Å². The third-order valence-corrected chi connectivity index (χ3v) is 3.74. The Hall–Kier alpha value is -1.36. The molecular weight excluding hydrogens is 261 g/mol. The summed E-state index contributed by atoms with van der Waals surface area (Å²) in [6.45, 7) is 7.20. The number of benzene rings is 1. The number of rotatable bonds is 5. The van der Waals surface area contributed by atoms with Gasteiger partial charge in [-0.25, -0.2) is 4.39 Å². The molecule has 0 aliphatic rings. The molecule has 0 amide bonds. The molecule has 0 fully saturated rings. The van der Waals surface area contributed by atoms with Crippen molar-refractivity contribution in [2.45, 2.75) is 38.2 Å². The Balaban J connectivity index is 2.07. The Morgan fingerprint density at radius 3 is 2.79 bits per heavy atom. The lowest BCUT2D eigenvalue weighted by Gasteiger charge is -2.10. The second-order valence-electron chi connectivity index (χ2n) is 4.95. The highest BCUT2D eigenvalue weighted by Gasteiger charge is 2.10. The van der Waals surface area contributed by atoms with Crippen LogP contribution in [0.5, 0.6) is 0 Å². The van der Waals surface area contributed by atoms with E-state index in [-0.39, 0.29) is 5.82 Å². The lowest BCUT2D eigenvalue weighted by atomic mass is 10.2. The summed E-state index contributed by atoms with van der Waals surface area (Å²) in [5, 5.41) is 9.20. The third kappa shape index (κ3) is 3.80. The molecule has 102 valence electrons. The minimum Gasteiger partial charge on any atom is -0.306 e. The smallest absolute Gasteiger partial charge is 0.191 e. The van der Waals surface area contributed by atoms with E-state index in [0.717, 1.165) is 23.1 Å². The molecule has 0 aliphatic heterocycles. The molecule has 1 aromatic heterocycles. The maximum atomic E-state index is 13.1. The van der Waals surface area contributed by atoms with Gasteiger partial charge in [-0.15, -0.1) is 10.2 Å². The van der Waals surface area contributed by atoms with Gasteiger partial charge in [0.25, 0.3) is 0 Å². The monoisotopic (exact) mass is 279 g/mol. The molecule has 0 saturated heterocycles. The van der Waals surface area contributed by atoms with E-state index in [1.165, 1.54) is 6.07 Å². The molecule has 0 spiro atoms. The molecule has 1 heterocycles. The van der Waals surface area contributed by atoms with Crippen LogP contribution in [0.3, 0.4) is 0 Å². The van der Waals surface area contributed by atoms with Crippen molar-refractivity contribution in [1.82, 2.24) is 14.8 Å². The number of halogens is 1. The zero-order valence-corrected chi connectivity index (χ0v) is 12.2. The first kappa shape index (κ1) is 14.1. The summed E-state index contributed by atoms with van der Waals surface area (Å²) in [6, 6.07) is 6.67. The van der Waals surface area contributed by atoms with E-state index < -0.39 is 0 Å². The van der Waals surface area contributed by atoms with Gasteiger partial charge in [-0.1, -0.05) is 37.7 Å². The van der Waals surface area contributed by atoms with E-state index in [1.54, 1.807) is 23.9 Å². The molecule has 0 aliphatic carbocycles. The van der Waals surface area contributed by atoms with E-state index in [9.17, 15) is 4.39 Å². The summed E-state index contributed by atoms with van der Waals surface area (Å²) in [6.07, 6.45) is 0. The van der Waals surface area contributed by atoms with Crippen LogP contribution < -0.4 is 0 Å². The van der Waals surface area contributed by atoms with Crippen LogP contribution in [0.4, 0.5) is 4.39 Å². The first-order valence-electron chi connectivity index (χ1n) is 6.33. The number of aromatic nitrogens is 3. The lowest BCUT2D eigenvalue weighted by Crippen LogP contribution is -2.07. The van der Waals surface area contributed by atoms with Crippen molar-refractivity contribution >= 4 is 11.8 Å². The summed E-state index contributed by atoms with van der Waals surface area (Å²) in [5.41, 5.74) is 0.960. The van der Waals surface area contributed by atoms with Gasteiger partial charge in [0.05, 0.1) is 0 Å². The molecule has 2 aromatic rings. The standard InChI is InChI=1S/C14H18FN3S/c1-10(2)8-18-11(3)16-17-14(18)19-9-12-5-4-6-13(15)7-12/h4-7,10H,8-9H2,1-3H3. The molecule has 0 radical (unpaired) electrons. The minimum atomic E-state index is -0.196. The van der Waals surface area contributed by atoms with E-state index >= 15 is 0 Å². The third-order valence-electron chi connectivity index (χ3n) is 2.71. The summed E-state index contributed by atoms with van der Waals surface area (Å²) in [7, 11) is 0. The maximum Gasteiger partial charge on any atom is 0.191 e. The largest absolute Gasteiger partial charge is 0.306 e. The fraction of sp³-hybridized carbons (Fsp3) is 0.429. The van der Waals surface area contributed by atoms with Gasteiger partial charge < -0.3 is 4.57 Å². The maximum absolute atomic E-state index is 13.1. The normalized spacial score (nSPS) is 11.2. The molecular formula is C14H18FN3S. The van der Waals surface area contributed by atoms with Crippen LogP contribution in [0.25, 0.3) is 0 Å². The van der Waals surface area contributed by atoms with Gasteiger partial charge >= 0.3 is 0 Å². The van der Waals surface area contributed by atoms with Crippen LogP contribution in [-0.2, 0) is 12.3 Å². The number of thioether (sulfide) groups is 1. The molecule has 3 nitrogen and oxygen atoms in total. The first-order chi connectivity index (χ1) is 9.06. The number of hydrogen-bond acceptors (Lipinski definition) is 3. The Bertz CT molecular complexity index is 551. The van der Waals surface area contributed by atoms with Crippen molar-refractivity contribution < 1.29 is 4.39 Å². The van der Waals surface area contributed by atoms with Gasteiger partial charge in [-0.3, -0.25) is 0 Å². The number of aryl methyl sites for hydroxylation is 1. The van der Waals surface area contributed by atoms with E-state index in [1.807, 2.05) is 13.0 Å². The highest BCUT2D eigenvalue weighted by Crippen LogP contribution is 2.23. The minimum absolute atomic E-state index is 0.196. The highest BCUT2D eigenvalue weighted by molar-refractivity contribution is 7.98. The fourth-order valence-electron chi connectivity index (χ4n) is 1.82. The highest BCUT2D eigenvalue weighted by atomic mass is 32.2. The topological polar surface area (TPSA) is 30.7 Å². The zero-order chi connectivity index (χ0) is 13.8. The van der Waals surface area contributed by atoms with Crippen molar-refractivity contribution in [3.05, 3.63) is 41.5 Å². The summed E-state index contributed by atoms with van der Waals surface area (Å²) in [4.78, 5) is 0.